The van der Waals surface area contributed by atoms with Crippen LogP contribution in [0.3, 0.4) is 0 Å². The molecule has 0 aromatic heterocycles. The van der Waals surface area contributed by atoms with Gasteiger partial charge in [0.1, 0.15) is 0 Å². The van der Waals surface area contributed by atoms with E-state index in [2.05, 4.69) is 50.5 Å². The monoisotopic (exact) mass is 465 g/mol. The van der Waals surface area contributed by atoms with Crippen molar-refractivity contribution in [1.29, 1.82) is 0 Å². The van der Waals surface area contributed by atoms with Gasteiger partial charge in [0.05, 0.1) is 10.6 Å². The minimum atomic E-state index is -0.349. The van der Waals surface area contributed by atoms with E-state index in [9.17, 15) is 4.79 Å². The zero-order valence-corrected chi connectivity index (χ0v) is 18.1. The highest BCUT2D eigenvalue weighted by Crippen LogP contribution is 2.26. The lowest BCUT2D eigenvalue weighted by atomic mass is 10.0. The van der Waals surface area contributed by atoms with Crippen LogP contribution in [0.4, 0.5) is 11.4 Å². The fourth-order valence-corrected chi connectivity index (χ4v) is 4.00. The molecule has 1 heterocycles. The van der Waals surface area contributed by atoms with E-state index in [1.807, 2.05) is 12.1 Å². The molecule has 1 amide bonds. The maximum Gasteiger partial charge on any atom is 0.258 e. The molecule has 2 aromatic carbocycles. The minimum Gasteiger partial charge on any atom is -0.369 e. The Labute approximate surface area is 178 Å². The number of anilines is 2. The Morgan fingerprint density at radius 1 is 1.22 bits per heavy atom. The van der Waals surface area contributed by atoms with E-state index in [-0.39, 0.29) is 11.0 Å². The molecule has 0 aliphatic carbocycles. The van der Waals surface area contributed by atoms with Crippen molar-refractivity contribution in [2.75, 3.05) is 16.8 Å². The third-order valence-electron chi connectivity index (χ3n) is 4.66. The Hall–Kier alpha value is -1.63. The summed E-state index contributed by atoms with van der Waals surface area (Å²) in [5.41, 5.74) is 2.40. The number of nitrogens with one attached hydrogen (secondary N) is 2. The maximum absolute atomic E-state index is 12.4. The number of nitrogens with zero attached hydrogens (tertiary/aromatic N) is 1. The lowest BCUT2D eigenvalue weighted by Crippen LogP contribution is -2.37. The van der Waals surface area contributed by atoms with Crippen LogP contribution in [-0.4, -0.2) is 23.6 Å². The van der Waals surface area contributed by atoms with Crippen molar-refractivity contribution in [3.8, 4) is 0 Å². The third kappa shape index (κ3) is 5.21. The van der Waals surface area contributed by atoms with Crippen LogP contribution in [0.2, 0.25) is 5.02 Å². The van der Waals surface area contributed by atoms with Crippen LogP contribution in [-0.2, 0) is 0 Å². The van der Waals surface area contributed by atoms with Gasteiger partial charge in [0, 0.05) is 28.4 Å². The molecule has 0 radical (unpaired) electrons. The predicted octanol–water partition coefficient (Wildman–Crippen LogP) is 5.61. The van der Waals surface area contributed by atoms with Crippen molar-refractivity contribution >= 4 is 62.1 Å². The van der Waals surface area contributed by atoms with Crippen molar-refractivity contribution in [2.24, 2.45) is 0 Å². The number of hydrogen-bond donors (Lipinski definition) is 2. The molecule has 0 unspecified atom stereocenters. The Morgan fingerprint density at radius 3 is 2.67 bits per heavy atom. The molecule has 1 saturated heterocycles. The second kappa shape index (κ2) is 9.04. The molecule has 1 fully saturated rings. The van der Waals surface area contributed by atoms with Gasteiger partial charge in [0.25, 0.3) is 5.91 Å². The molecule has 27 heavy (non-hydrogen) atoms. The Morgan fingerprint density at radius 2 is 1.96 bits per heavy atom. The highest BCUT2D eigenvalue weighted by molar-refractivity contribution is 9.10. The van der Waals surface area contributed by atoms with Crippen LogP contribution in [0.25, 0.3) is 0 Å². The molecule has 2 aromatic rings. The fraction of sp³-hybridized carbons (Fsp3) is 0.300. The van der Waals surface area contributed by atoms with Gasteiger partial charge >= 0.3 is 0 Å². The second-order valence-corrected chi connectivity index (χ2v) is 8.35. The van der Waals surface area contributed by atoms with Gasteiger partial charge in [-0.15, -0.1) is 0 Å². The van der Waals surface area contributed by atoms with Crippen molar-refractivity contribution in [3.05, 3.63) is 57.5 Å². The molecule has 0 saturated carbocycles. The number of thiocarbonyl (C=S) groups is 1. The highest BCUT2D eigenvalue weighted by atomic mass is 79.9. The molecular weight excluding hydrogens is 446 g/mol. The highest BCUT2D eigenvalue weighted by Gasteiger charge is 2.18. The fourth-order valence-electron chi connectivity index (χ4n) is 3.22. The molecule has 3 rings (SSSR count). The van der Waals surface area contributed by atoms with Crippen LogP contribution in [0.15, 0.2) is 46.9 Å². The topological polar surface area (TPSA) is 44.4 Å². The number of hydrogen-bond acceptors (Lipinski definition) is 3. The van der Waals surface area contributed by atoms with Crippen LogP contribution in [0.1, 0.15) is 36.5 Å². The van der Waals surface area contributed by atoms with Gasteiger partial charge < -0.3 is 10.2 Å². The minimum absolute atomic E-state index is 0.232. The zero-order chi connectivity index (χ0) is 19.4. The van der Waals surface area contributed by atoms with Gasteiger partial charge in [-0.05, 0) is 80.9 Å². The summed E-state index contributed by atoms with van der Waals surface area (Å²) in [6.45, 7) is 3.36. The van der Waals surface area contributed by atoms with E-state index in [1.54, 1.807) is 18.2 Å². The van der Waals surface area contributed by atoms with E-state index < -0.39 is 0 Å². The summed E-state index contributed by atoms with van der Waals surface area (Å²) >= 11 is 14.7. The first kappa shape index (κ1) is 20.1. The van der Waals surface area contributed by atoms with E-state index in [1.165, 1.54) is 24.9 Å². The molecule has 0 bridgehead atoms. The van der Waals surface area contributed by atoms with Crippen molar-refractivity contribution in [1.82, 2.24) is 5.32 Å². The summed E-state index contributed by atoms with van der Waals surface area (Å²) < 4.78 is 0.776. The molecule has 1 atom stereocenters. The molecule has 1 aliphatic heterocycles. The van der Waals surface area contributed by atoms with Crippen molar-refractivity contribution in [2.45, 2.75) is 32.2 Å². The number of halogens is 2. The molecular formula is C20H21BrClN3OS. The quantitative estimate of drug-likeness (QED) is 0.577. The molecule has 2 N–H and O–H groups in total. The summed E-state index contributed by atoms with van der Waals surface area (Å²) in [6.07, 6.45) is 3.76. The van der Waals surface area contributed by atoms with Crippen LogP contribution in [0, 0.1) is 0 Å². The van der Waals surface area contributed by atoms with Gasteiger partial charge in [0.2, 0.25) is 0 Å². The average Bonchev–Trinajstić information content (AvgIpc) is 2.65. The molecule has 142 valence electrons. The first-order chi connectivity index (χ1) is 12.9. The Balaban J connectivity index is 1.60. The normalized spacial score (nSPS) is 16.7. The summed E-state index contributed by atoms with van der Waals surface area (Å²) in [6, 6.07) is 13.8. The first-order valence-corrected chi connectivity index (χ1v) is 10.5. The Kier molecular flexibility index (Phi) is 6.73. The van der Waals surface area contributed by atoms with E-state index in [0.29, 0.717) is 16.6 Å². The summed E-state index contributed by atoms with van der Waals surface area (Å²) in [7, 11) is 0. The Bertz CT molecular complexity index is 844. The molecule has 1 aliphatic rings. The summed E-state index contributed by atoms with van der Waals surface area (Å²) in [4.78, 5) is 14.8. The predicted molar refractivity (Wildman–Crippen MR) is 120 cm³/mol. The van der Waals surface area contributed by atoms with Crippen molar-refractivity contribution in [3.63, 3.8) is 0 Å². The van der Waals surface area contributed by atoms with E-state index >= 15 is 0 Å². The average molecular weight is 467 g/mol. The van der Waals surface area contributed by atoms with Crippen LogP contribution < -0.4 is 15.5 Å². The number of carbonyl (C=O) groups excluding carboxylic acids is 1. The van der Waals surface area contributed by atoms with Gasteiger partial charge in [-0.25, -0.2) is 0 Å². The van der Waals surface area contributed by atoms with Gasteiger partial charge in [0.15, 0.2) is 5.11 Å². The zero-order valence-electron chi connectivity index (χ0n) is 15.0. The SMILES string of the molecule is C[C@H]1CCCCN1c1ccc(NC(=S)NC(=O)c2cc(Br)ccc2Cl)cc1. The second-order valence-electron chi connectivity index (χ2n) is 6.62. The van der Waals surface area contributed by atoms with Gasteiger partial charge in [-0.1, -0.05) is 27.5 Å². The molecule has 7 heteroatoms. The van der Waals surface area contributed by atoms with Crippen LogP contribution >= 0.6 is 39.7 Å². The standard InChI is InChI=1S/C20H21BrClN3OS/c1-13-4-2-3-11-25(13)16-8-6-15(7-9-16)23-20(27)24-19(26)17-12-14(21)5-10-18(17)22/h5-10,12-13H,2-4,11H2,1H3,(H2,23,24,26,27)/t13-/m0/s1. The lowest BCUT2D eigenvalue weighted by molar-refractivity contribution is 0.0978. The smallest absolute Gasteiger partial charge is 0.258 e. The van der Waals surface area contributed by atoms with Crippen molar-refractivity contribution < 1.29 is 4.79 Å². The lowest BCUT2D eigenvalue weighted by Gasteiger charge is -2.35. The number of rotatable bonds is 3. The van der Waals surface area contributed by atoms with Crippen LogP contribution in [0.5, 0.6) is 0 Å². The largest absolute Gasteiger partial charge is 0.369 e. The van der Waals surface area contributed by atoms with E-state index in [4.69, 9.17) is 23.8 Å². The number of carbonyl (C=O) groups is 1. The first-order valence-electron chi connectivity index (χ1n) is 8.88. The summed E-state index contributed by atoms with van der Waals surface area (Å²) in [5.74, 6) is -0.349. The summed E-state index contributed by atoms with van der Waals surface area (Å²) in [5, 5.41) is 6.31. The van der Waals surface area contributed by atoms with Gasteiger partial charge in [-0.3, -0.25) is 10.1 Å². The third-order valence-corrected chi connectivity index (χ3v) is 5.69. The molecule has 0 spiro atoms. The number of amides is 1. The maximum atomic E-state index is 12.4. The van der Waals surface area contributed by atoms with Gasteiger partial charge in [-0.2, -0.15) is 0 Å². The number of benzene rings is 2. The molecule has 4 nitrogen and oxygen atoms in total. The number of piperidine rings is 1. The van der Waals surface area contributed by atoms with E-state index in [0.717, 1.165) is 16.7 Å².